The molecular formula is C17H13Cl2N3O3. The first-order chi connectivity index (χ1) is 11.9. The van der Waals surface area contributed by atoms with Crippen LogP contribution >= 0.6 is 23.2 Å². The normalized spacial score (nSPS) is 10.7. The van der Waals surface area contributed by atoms with Gasteiger partial charge in [0.15, 0.2) is 5.65 Å². The Balaban J connectivity index is 1.68. The minimum absolute atomic E-state index is 0.00189. The molecule has 1 amide bonds. The first-order valence-electron chi connectivity index (χ1n) is 7.30. The Hall–Kier alpha value is -2.57. The van der Waals surface area contributed by atoms with Gasteiger partial charge in [-0.1, -0.05) is 23.2 Å². The zero-order chi connectivity index (χ0) is 18.0. The molecule has 2 heterocycles. The van der Waals surface area contributed by atoms with Gasteiger partial charge in [-0.3, -0.25) is 4.79 Å². The van der Waals surface area contributed by atoms with Gasteiger partial charge >= 0.3 is 5.97 Å². The molecule has 2 aromatic heterocycles. The summed E-state index contributed by atoms with van der Waals surface area (Å²) in [6, 6.07) is 8.01. The summed E-state index contributed by atoms with van der Waals surface area (Å²) >= 11 is 12.0. The number of carbonyl (C=O) groups is 2. The lowest BCUT2D eigenvalue weighted by Crippen LogP contribution is -2.07. The second-order valence-electron chi connectivity index (χ2n) is 5.30. The highest BCUT2D eigenvalue weighted by molar-refractivity contribution is 6.36. The van der Waals surface area contributed by atoms with Crippen LogP contribution in [0, 0.1) is 0 Å². The molecule has 0 saturated carbocycles. The van der Waals surface area contributed by atoms with Gasteiger partial charge in [0.25, 0.3) is 0 Å². The molecule has 6 nitrogen and oxygen atoms in total. The van der Waals surface area contributed by atoms with Crippen LogP contribution in [-0.4, -0.2) is 21.3 Å². The number of nitrogens with one attached hydrogen (secondary N) is 1. The van der Waals surface area contributed by atoms with Crippen LogP contribution in [0.1, 0.15) is 23.0 Å². The van der Waals surface area contributed by atoms with Crippen molar-refractivity contribution in [1.29, 1.82) is 0 Å². The molecule has 0 radical (unpaired) electrons. The molecule has 0 aliphatic carbocycles. The first-order valence-corrected chi connectivity index (χ1v) is 8.05. The third-order valence-corrected chi connectivity index (χ3v) is 3.80. The van der Waals surface area contributed by atoms with Crippen LogP contribution in [0.4, 0.5) is 5.69 Å². The Bertz CT molecular complexity index is 952. The van der Waals surface area contributed by atoms with Crippen LogP contribution in [0.3, 0.4) is 0 Å². The third kappa shape index (κ3) is 4.10. The fourth-order valence-corrected chi connectivity index (χ4v) is 2.79. The smallest absolute Gasteiger partial charge is 0.338 e. The van der Waals surface area contributed by atoms with Gasteiger partial charge in [-0.15, -0.1) is 0 Å². The van der Waals surface area contributed by atoms with E-state index in [0.29, 0.717) is 32.6 Å². The Morgan fingerprint density at radius 3 is 2.60 bits per heavy atom. The topological polar surface area (TPSA) is 72.7 Å². The number of benzene rings is 1. The predicted octanol–water partition coefficient (Wildman–Crippen LogP) is 3.96. The van der Waals surface area contributed by atoms with Crippen LogP contribution in [0.15, 0.2) is 42.7 Å². The Kier molecular flexibility index (Phi) is 4.92. The standard InChI is InChI=1S/C17H13Cl2N3O3/c1-10(23)20-13-4-2-11(3-5-13)17(24)25-9-14-8-22-7-12(18)6-15(19)16(22)21-14/h2-8H,9H2,1H3,(H,20,23). The molecule has 0 saturated heterocycles. The van der Waals surface area contributed by atoms with E-state index in [4.69, 9.17) is 27.9 Å². The lowest BCUT2D eigenvalue weighted by atomic mass is 10.2. The van der Waals surface area contributed by atoms with Crippen LogP contribution in [-0.2, 0) is 16.1 Å². The monoisotopic (exact) mass is 377 g/mol. The van der Waals surface area contributed by atoms with E-state index in [0.717, 1.165) is 0 Å². The van der Waals surface area contributed by atoms with Gasteiger partial charge in [-0.25, -0.2) is 9.78 Å². The van der Waals surface area contributed by atoms with Crippen molar-refractivity contribution in [3.8, 4) is 0 Å². The predicted molar refractivity (Wildman–Crippen MR) is 95.1 cm³/mol. The summed E-state index contributed by atoms with van der Waals surface area (Å²) in [6.45, 7) is 1.42. The molecule has 0 aliphatic heterocycles. The van der Waals surface area contributed by atoms with E-state index in [1.165, 1.54) is 6.92 Å². The van der Waals surface area contributed by atoms with Gasteiger partial charge in [-0.2, -0.15) is 0 Å². The fraction of sp³-hybridized carbons (Fsp3) is 0.118. The Labute approximate surface area is 153 Å². The van der Waals surface area contributed by atoms with Crippen LogP contribution in [0.5, 0.6) is 0 Å². The molecule has 3 aromatic rings. The van der Waals surface area contributed by atoms with E-state index in [9.17, 15) is 9.59 Å². The third-order valence-electron chi connectivity index (χ3n) is 3.31. The van der Waals surface area contributed by atoms with Gasteiger partial charge in [0.2, 0.25) is 5.91 Å². The SMILES string of the molecule is CC(=O)Nc1ccc(C(=O)OCc2cn3cc(Cl)cc(Cl)c3n2)cc1. The summed E-state index contributed by atoms with van der Waals surface area (Å²) in [5.74, 6) is -0.670. The zero-order valence-electron chi connectivity index (χ0n) is 13.1. The van der Waals surface area contributed by atoms with Gasteiger partial charge in [0.1, 0.15) is 6.61 Å². The van der Waals surface area contributed by atoms with E-state index in [2.05, 4.69) is 10.3 Å². The molecule has 1 N–H and O–H groups in total. The summed E-state index contributed by atoms with van der Waals surface area (Å²) in [7, 11) is 0. The number of halogens is 2. The number of nitrogens with zero attached hydrogens (tertiary/aromatic N) is 2. The highest BCUT2D eigenvalue weighted by atomic mass is 35.5. The second kappa shape index (κ2) is 7.13. The van der Waals surface area contributed by atoms with E-state index in [1.54, 1.807) is 47.1 Å². The fourth-order valence-electron chi connectivity index (χ4n) is 2.26. The largest absolute Gasteiger partial charge is 0.456 e. The summed E-state index contributed by atoms with van der Waals surface area (Å²) in [6.07, 6.45) is 3.36. The van der Waals surface area contributed by atoms with E-state index in [-0.39, 0.29) is 12.5 Å². The average molecular weight is 378 g/mol. The number of amides is 1. The molecule has 8 heteroatoms. The number of hydrogen-bond donors (Lipinski definition) is 1. The molecule has 1 aromatic carbocycles. The summed E-state index contributed by atoms with van der Waals surface area (Å²) in [5.41, 5.74) is 2.07. The van der Waals surface area contributed by atoms with Gasteiger partial charge in [0.05, 0.1) is 21.3 Å². The van der Waals surface area contributed by atoms with E-state index >= 15 is 0 Å². The number of pyridine rings is 1. The van der Waals surface area contributed by atoms with Crippen LogP contribution in [0.25, 0.3) is 5.65 Å². The first kappa shape index (κ1) is 17.3. The number of carbonyl (C=O) groups excluding carboxylic acids is 2. The number of fused-ring (bicyclic) bond motifs is 1. The molecule has 0 unspecified atom stereocenters. The lowest BCUT2D eigenvalue weighted by molar-refractivity contribution is -0.114. The Morgan fingerprint density at radius 2 is 1.92 bits per heavy atom. The van der Waals surface area contributed by atoms with Crippen molar-refractivity contribution in [3.05, 3.63) is 64.0 Å². The molecule has 0 spiro atoms. The summed E-state index contributed by atoms with van der Waals surface area (Å²) in [4.78, 5) is 27.4. The summed E-state index contributed by atoms with van der Waals surface area (Å²) < 4.78 is 6.93. The van der Waals surface area contributed by atoms with Crippen LogP contribution < -0.4 is 5.32 Å². The highest BCUT2D eigenvalue weighted by Gasteiger charge is 2.11. The quantitative estimate of drug-likeness (QED) is 0.698. The van der Waals surface area contributed by atoms with Gasteiger partial charge in [0, 0.05) is 25.0 Å². The molecule has 3 rings (SSSR count). The minimum Gasteiger partial charge on any atom is -0.456 e. The lowest BCUT2D eigenvalue weighted by Gasteiger charge is -2.05. The molecule has 25 heavy (non-hydrogen) atoms. The maximum absolute atomic E-state index is 12.1. The van der Waals surface area contributed by atoms with Crippen molar-refractivity contribution in [2.45, 2.75) is 13.5 Å². The van der Waals surface area contributed by atoms with Crippen molar-refractivity contribution in [2.24, 2.45) is 0 Å². The number of hydrogen-bond acceptors (Lipinski definition) is 4. The summed E-state index contributed by atoms with van der Waals surface area (Å²) in [5, 5.41) is 3.53. The van der Waals surface area contributed by atoms with Crippen molar-refractivity contribution in [1.82, 2.24) is 9.38 Å². The number of rotatable bonds is 4. The zero-order valence-corrected chi connectivity index (χ0v) is 14.6. The van der Waals surface area contributed by atoms with Gasteiger partial charge in [-0.05, 0) is 30.3 Å². The number of esters is 1. The van der Waals surface area contributed by atoms with Gasteiger partial charge < -0.3 is 14.5 Å². The minimum atomic E-state index is -0.490. The number of anilines is 1. The number of aromatic nitrogens is 2. The van der Waals surface area contributed by atoms with Crippen molar-refractivity contribution in [2.75, 3.05) is 5.32 Å². The van der Waals surface area contributed by atoms with Crippen molar-refractivity contribution in [3.63, 3.8) is 0 Å². The van der Waals surface area contributed by atoms with E-state index in [1.807, 2.05) is 0 Å². The maximum atomic E-state index is 12.1. The molecule has 128 valence electrons. The molecule has 0 atom stereocenters. The van der Waals surface area contributed by atoms with Crippen molar-refractivity contribution >= 4 is 46.4 Å². The van der Waals surface area contributed by atoms with Crippen LogP contribution in [0.2, 0.25) is 10.0 Å². The molecular weight excluding hydrogens is 365 g/mol. The molecule has 0 fully saturated rings. The number of imidazole rings is 1. The van der Waals surface area contributed by atoms with E-state index < -0.39 is 5.97 Å². The second-order valence-corrected chi connectivity index (χ2v) is 6.15. The molecule has 0 aliphatic rings. The maximum Gasteiger partial charge on any atom is 0.338 e. The molecule has 0 bridgehead atoms. The Morgan fingerprint density at radius 1 is 1.20 bits per heavy atom. The number of ether oxygens (including phenoxy) is 1. The highest BCUT2D eigenvalue weighted by Crippen LogP contribution is 2.22. The average Bonchev–Trinajstić information content (AvgIpc) is 2.96. The van der Waals surface area contributed by atoms with Crippen molar-refractivity contribution < 1.29 is 14.3 Å².